The fourth-order valence-corrected chi connectivity index (χ4v) is 4.82. The van der Waals surface area contributed by atoms with E-state index in [2.05, 4.69) is 0 Å². The average Bonchev–Trinajstić information content (AvgIpc) is 3.28. The molecule has 3 aliphatic rings. The molecule has 2 fully saturated rings. The van der Waals surface area contributed by atoms with Crippen LogP contribution in [-0.4, -0.2) is 16.7 Å². The largest absolute Gasteiger partial charge is 0.312 e. The van der Waals surface area contributed by atoms with E-state index in [0.29, 0.717) is 5.39 Å². The fourth-order valence-electron chi connectivity index (χ4n) is 4.82. The predicted octanol–water partition coefficient (Wildman–Crippen LogP) is 3.20. The molecule has 0 aromatic heterocycles. The number of carbonyl (C=O) groups is 2. The SMILES string of the molecule is O=C1[C@@H]2[C@H](C(=O)N1c1cc([18F])c([N+](=O)[O-])c3ccccc13)[C@@H]1C=C[C@@H]2C1. The number of hydrogen-bond acceptors (Lipinski definition) is 4. The summed E-state index contributed by atoms with van der Waals surface area (Å²) in [6.45, 7) is 0. The normalized spacial score (nSPS) is 29.0. The van der Waals surface area contributed by atoms with E-state index in [0.717, 1.165) is 17.4 Å². The smallest absolute Gasteiger partial charge is 0.274 e. The second-order valence-electron chi connectivity index (χ2n) is 7.04. The minimum atomic E-state index is -1.05. The van der Waals surface area contributed by atoms with E-state index in [1.54, 1.807) is 18.2 Å². The molecule has 2 aromatic carbocycles. The van der Waals surface area contributed by atoms with Crippen molar-refractivity contribution in [2.24, 2.45) is 23.7 Å². The Morgan fingerprint density at radius 2 is 1.62 bits per heavy atom. The van der Waals surface area contributed by atoms with Crippen LogP contribution in [0.5, 0.6) is 0 Å². The van der Waals surface area contributed by atoms with E-state index in [1.165, 1.54) is 6.07 Å². The molecule has 0 spiro atoms. The minimum Gasteiger partial charge on any atom is -0.274 e. The molecule has 1 heterocycles. The number of fused-ring (bicyclic) bond motifs is 6. The van der Waals surface area contributed by atoms with Crippen LogP contribution >= 0.6 is 0 Å². The third kappa shape index (κ3) is 1.75. The Morgan fingerprint density at radius 3 is 2.19 bits per heavy atom. The number of nitro benzene ring substituents is 1. The fraction of sp³-hybridized carbons (Fsp3) is 0.263. The van der Waals surface area contributed by atoms with Crippen molar-refractivity contribution in [3.05, 3.63) is 58.4 Å². The van der Waals surface area contributed by atoms with Crippen molar-refractivity contribution < 1.29 is 18.9 Å². The summed E-state index contributed by atoms with van der Waals surface area (Å²) in [6, 6.07) is 7.14. The second kappa shape index (κ2) is 4.97. The summed E-state index contributed by atoms with van der Waals surface area (Å²) in [4.78, 5) is 37.5. The zero-order chi connectivity index (χ0) is 18.2. The topological polar surface area (TPSA) is 80.5 Å². The lowest BCUT2D eigenvalue weighted by atomic mass is 9.85. The lowest BCUT2D eigenvalue weighted by Gasteiger charge is -2.19. The molecule has 1 saturated heterocycles. The Balaban J connectivity index is 1.72. The van der Waals surface area contributed by atoms with E-state index < -0.39 is 28.3 Å². The second-order valence-corrected chi connectivity index (χ2v) is 7.04. The number of carbonyl (C=O) groups excluding carboxylic acids is 2. The first-order valence-corrected chi connectivity index (χ1v) is 8.41. The molecule has 5 rings (SSSR count). The van der Waals surface area contributed by atoms with Gasteiger partial charge in [-0.25, -0.2) is 4.90 Å². The molecular formula is C19H13FN2O4. The van der Waals surface area contributed by atoms with Gasteiger partial charge in [0, 0.05) is 11.5 Å². The lowest BCUT2D eigenvalue weighted by Crippen LogP contribution is -2.33. The molecular weight excluding hydrogens is 338 g/mol. The third-order valence-electron chi connectivity index (χ3n) is 5.84. The van der Waals surface area contributed by atoms with Crippen molar-refractivity contribution in [2.75, 3.05) is 4.90 Å². The summed E-state index contributed by atoms with van der Waals surface area (Å²) in [7, 11) is 0. The van der Waals surface area contributed by atoms with E-state index >= 15 is 0 Å². The quantitative estimate of drug-likeness (QED) is 0.360. The molecule has 0 radical (unpaired) electrons. The highest BCUT2D eigenvalue weighted by molar-refractivity contribution is 6.26. The van der Waals surface area contributed by atoms with Crippen LogP contribution in [0.3, 0.4) is 0 Å². The number of imide groups is 1. The van der Waals surface area contributed by atoms with Gasteiger partial charge >= 0.3 is 5.69 Å². The van der Waals surface area contributed by atoms with Gasteiger partial charge in [-0.05, 0) is 24.3 Å². The molecule has 26 heavy (non-hydrogen) atoms. The Kier molecular flexibility index (Phi) is 2.90. The van der Waals surface area contributed by atoms with Gasteiger partial charge in [0.25, 0.3) is 0 Å². The van der Waals surface area contributed by atoms with Crippen molar-refractivity contribution >= 4 is 34.0 Å². The van der Waals surface area contributed by atoms with Crippen molar-refractivity contribution in [3.8, 4) is 0 Å². The van der Waals surface area contributed by atoms with E-state index in [-0.39, 0.29) is 34.7 Å². The summed E-state index contributed by atoms with van der Waals surface area (Å²) >= 11 is 0. The Labute approximate surface area is 147 Å². The van der Waals surface area contributed by atoms with Crippen LogP contribution in [0.2, 0.25) is 0 Å². The molecule has 2 amide bonds. The van der Waals surface area contributed by atoms with Crippen molar-refractivity contribution in [3.63, 3.8) is 0 Å². The summed E-state index contributed by atoms with van der Waals surface area (Å²) in [5.41, 5.74) is -0.558. The molecule has 6 nitrogen and oxygen atoms in total. The van der Waals surface area contributed by atoms with Gasteiger partial charge in [-0.15, -0.1) is 0 Å². The van der Waals surface area contributed by atoms with E-state index in [4.69, 9.17) is 0 Å². The van der Waals surface area contributed by atoms with Gasteiger partial charge in [0.15, 0.2) is 0 Å². The van der Waals surface area contributed by atoms with Gasteiger partial charge in [-0.2, -0.15) is 4.39 Å². The number of benzene rings is 2. The Bertz CT molecular complexity index is 1020. The number of halogens is 1. The number of nitro groups is 1. The number of hydrogen-bond donors (Lipinski definition) is 0. The van der Waals surface area contributed by atoms with Crippen LogP contribution in [0.4, 0.5) is 15.8 Å². The molecule has 130 valence electrons. The highest BCUT2D eigenvalue weighted by Crippen LogP contribution is 2.54. The van der Waals surface area contributed by atoms with Crippen LogP contribution in [-0.2, 0) is 9.59 Å². The average molecular weight is 351 g/mol. The summed E-state index contributed by atoms with van der Waals surface area (Å²) in [5, 5.41) is 11.7. The zero-order valence-electron chi connectivity index (χ0n) is 13.5. The molecule has 2 aromatic rings. The highest BCUT2D eigenvalue weighted by atomic mass is 18.2. The maximum atomic E-state index is 14.5. The Morgan fingerprint density at radius 1 is 1.04 bits per heavy atom. The first-order valence-electron chi connectivity index (χ1n) is 8.41. The van der Waals surface area contributed by atoms with Crippen LogP contribution in [0.1, 0.15) is 6.42 Å². The highest BCUT2D eigenvalue weighted by Gasteiger charge is 2.59. The first kappa shape index (κ1) is 15.2. The number of anilines is 1. The van der Waals surface area contributed by atoms with Crippen molar-refractivity contribution in [1.82, 2.24) is 0 Å². The minimum absolute atomic E-state index is 0.0422. The van der Waals surface area contributed by atoms with Crippen LogP contribution < -0.4 is 4.90 Å². The van der Waals surface area contributed by atoms with Gasteiger partial charge in [0.1, 0.15) is 0 Å². The maximum Gasteiger partial charge on any atom is 0.312 e. The standard InChI is InChI=1S/C19H13FN2O4/c20-13-8-14(11-3-1-2-4-12(11)17(13)22(25)26)21-18(23)15-9-5-6-10(7-9)16(15)19(21)24/h1-6,8-10,15-16H,7H2/t9-,10-,15-,16+/m1/s1/i20-1. The molecule has 0 N–H and O–H groups in total. The molecule has 4 atom stereocenters. The van der Waals surface area contributed by atoms with Gasteiger partial charge in [-0.3, -0.25) is 19.7 Å². The molecule has 1 saturated carbocycles. The van der Waals surface area contributed by atoms with E-state index in [1.807, 2.05) is 12.2 Å². The summed E-state index contributed by atoms with van der Waals surface area (Å²) in [6.07, 6.45) is 4.76. The summed E-state index contributed by atoms with van der Waals surface area (Å²) < 4.78 is 14.5. The van der Waals surface area contributed by atoms with Crippen molar-refractivity contribution in [1.29, 1.82) is 0 Å². The monoisotopic (exact) mass is 351 g/mol. The lowest BCUT2D eigenvalue weighted by molar-refractivity contribution is -0.385. The predicted molar refractivity (Wildman–Crippen MR) is 90.8 cm³/mol. The third-order valence-corrected chi connectivity index (χ3v) is 5.84. The molecule has 7 heteroatoms. The summed E-state index contributed by atoms with van der Waals surface area (Å²) in [5.74, 6) is -2.46. The van der Waals surface area contributed by atoms with Gasteiger partial charge in [-0.1, -0.05) is 30.4 Å². The zero-order valence-corrected chi connectivity index (χ0v) is 13.5. The number of amides is 2. The first-order chi connectivity index (χ1) is 12.5. The molecule has 2 aliphatic carbocycles. The number of allylic oxidation sites excluding steroid dienone is 2. The molecule has 0 unspecified atom stereocenters. The van der Waals surface area contributed by atoms with Crippen LogP contribution in [0.15, 0.2) is 42.5 Å². The van der Waals surface area contributed by atoms with Crippen molar-refractivity contribution in [2.45, 2.75) is 6.42 Å². The number of rotatable bonds is 2. The Hall–Kier alpha value is -3.09. The molecule has 1 aliphatic heterocycles. The maximum absolute atomic E-state index is 14.5. The van der Waals surface area contributed by atoms with Crippen LogP contribution in [0.25, 0.3) is 10.8 Å². The van der Waals surface area contributed by atoms with E-state index in [9.17, 15) is 24.1 Å². The van der Waals surface area contributed by atoms with Crippen LogP contribution in [0, 0.1) is 39.6 Å². The number of nitrogens with zero attached hydrogens (tertiary/aromatic N) is 2. The van der Waals surface area contributed by atoms with Gasteiger partial charge in [0.05, 0.1) is 27.8 Å². The van der Waals surface area contributed by atoms with Gasteiger partial charge < -0.3 is 0 Å². The molecule has 2 bridgehead atoms. The van der Waals surface area contributed by atoms with Gasteiger partial charge in [0.2, 0.25) is 17.6 Å².